The Hall–Kier alpha value is -3.99. The minimum atomic E-state index is -0.315. The average molecular weight is 368 g/mol. The summed E-state index contributed by atoms with van der Waals surface area (Å²) in [4.78, 5) is 13.2. The van der Waals surface area contributed by atoms with Crippen molar-refractivity contribution < 1.29 is 14.5 Å². The van der Waals surface area contributed by atoms with Gasteiger partial charge in [0.05, 0.1) is 0 Å². The monoisotopic (exact) mass is 368 g/mol. The smallest absolute Gasteiger partial charge is 0.270 e. The Morgan fingerprint density at radius 1 is 0.786 bits per heavy atom. The van der Waals surface area contributed by atoms with Gasteiger partial charge in [-0.1, -0.05) is 83.5 Å². The van der Waals surface area contributed by atoms with Crippen molar-refractivity contribution in [3.8, 4) is 5.69 Å². The van der Waals surface area contributed by atoms with Gasteiger partial charge in [0.15, 0.2) is 5.76 Å². The Balaban J connectivity index is 1.85. The molecule has 0 radical (unpaired) electrons. The summed E-state index contributed by atoms with van der Waals surface area (Å²) in [7, 11) is 0. The first-order chi connectivity index (χ1) is 13.7. The van der Waals surface area contributed by atoms with Crippen LogP contribution in [0.2, 0.25) is 0 Å². The van der Waals surface area contributed by atoms with Crippen molar-refractivity contribution >= 4 is 17.2 Å². The zero-order valence-electron chi connectivity index (χ0n) is 15.0. The van der Waals surface area contributed by atoms with Crippen molar-refractivity contribution in [1.29, 1.82) is 0 Å². The lowest BCUT2D eigenvalue weighted by molar-refractivity contribution is -0.596. The van der Waals surface area contributed by atoms with Gasteiger partial charge in [-0.25, -0.2) is 4.57 Å². The first-order valence-corrected chi connectivity index (χ1v) is 8.84. The molecule has 136 valence electrons. The number of hydrogen-bond acceptors (Lipinski definition) is 3. The quantitative estimate of drug-likeness (QED) is 0.251. The standard InChI is InChI=1S/C23H17N3O2/c27-22(18-10-4-1-5-11-18)21(23(28)19-12-6-2-7-13-19)26-17-25(16-24-26)20-14-8-3-9-15-20/h1-17H/p+1. The van der Waals surface area contributed by atoms with Crippen LogP contribution in [0.3, 0.4) is 0 Å². The Kier molecular flexibility index (Phi) is 4.80. The van der Waals surface area contributed by atoms with Crippen molar-refractivity contribution in [1.82, 2.24) is 9.78 Å². The van der Waals surface area contributed by atoms with Crippen molar-refractivity contribution in [2.75, 3.05) is 0 Å². The summed E-state index contributed by atoms with van der Waals surface area (Å²) in [5.74, 6) is -0.442. The number of nitrogens with zero attached hydrogens (tertiary/aromatic N) is 3. The van der Waals surface area contributed by atoms with Gasteiger partial charge < -0.3 is 5.11 Å². The van der Waals surface area contributed by atoms with Crippen LogP contribution in [0.5, 0.6) is 0 Å². The van der Waals surface area contributed by atoms with Gasteiger partial charge in [-0.2, -0.15) is 0 Å². The van der Waals surface area contributed by atoms with E-state index in [-0.39, 0.29) is 17.2 Å². The average Bonchev–Trinajstić information content (AvgIpc) is 3.25. The second-order valence-corrected chi connectivity index (χ2v) is 6.19. The summed E-state index contributed by atoms with van der Waals surface area (Å²) in [6, 6.07) is 27.5. The number of Topliss-reactive ketones (excluding diaryl/α,β-unsaturated/α-hetero) is 1. The normalized spacial score (nSPS) is 11.7. The highest BCUT2D eigenvalue weighted by atomic mass is 16.3. The van der Waals surface area contributed by atoms with Crippen LogP contribution < -0.4 is 4.57 Å². The molecule has 0 fully saturated rings. The number of allylic oxidation sites excluding steroid dienone is 1. The zero-order chi connectivity index (χ0) is 19.3. The maximum Gasteiger partial charge on any atom is 0.270 e. The van der Waals surface area contributed by atoms with Crippen LogP contribution in [-0.4, -0.2) is 20.7 Å². The Morgan fingerprint density at radius 3 is 1.93 bits per heavy atom. The summed E-state index contributed by atoms with van der Waals surface area (Å²) in [5.41, 5.74) is 2.01. The summed E-state index contributed by atoms with van der Waals surface area (Å²) < 4.78 is 3.20. The van der Waals surface area contributed by atoms with Crippen LogP contribution in [-0.2, 0) is 0 Å². The molecule has 0 amide bonds. The van der Waals surface area contributed by atoms with Gasteiger partial charge in [0, 0.05) is 16.2 Å². The number of aromatic nitrogens is 3. The molecule has 0 unspecified atom stereocenters. The van der Waals surface area contributed by atoms with E-state index in [1.165, 1.54) is 4.68 Å². The van der Waals surface area contributed by atoms with Crippen molar-refractivity contribution in [3.05, 3.63) is 115 Å². The van der Waals surface area contributed by atoms with E-state index in [0.29, 0.717) is 11.1 Å². The number of aliphatic hydroxyl groups is 1. The molecule has 0 aliphatic heterocycles. The molecule has 3 aromatic carbocycles. The van der Waals surface area contributed by atoms with Crippen molar-refractivity contribution in [3.63, 3.8) is 0 Å². The third-order valence-corrected chi connectivity index (χ3v) is 4.34. The van der Waals surface area contributed by atoms with Gasteiger partial charge in [0.1, 0.15) is 5.69 Å². The number of benzene rings is 3. The number of rotatable bonds is 5. The second-order valence-electron chi connectivity index (χ2n) is 6.19. The highest BCUT2D eigenvalue weighted by Crippen LogP contribution is 2.22. The number of carbonyl (C=O) groups is 1. The molecule has 0 saturated carbocycles. The number of para-hydroxylation sites is 1. The highest BCUT2D eigenvalue weighted by Gasteiger charge is 2.27. The van der Waals surface area contributed by atoms with E-state index in [0.717, 1.165) is 5.69 Å². The van der Waals surface area contributed by atoms with Gasteiger partial charge in [-0.15, -0.1) is 0 Å². The molecule has 28 heavy (non-hydrogen) atoms. The van der Waals surface area contributed by atoms with Crippen molar-refractivity contribution in [2.45, 2.75) is 0 Å². The summed E-state index contributed by atoms with van der Waals surface area (Å²) in [6.07, 6.45) is 3.27. The lowest BCUT2D eigenvalue weighted by Gasteiger charge is -2.06. The largest absolute Gasteiger partial charge is 0.504 e. The lowest BCUT2D eigenvalue weighted by Crippen LogP contribution is -2.27. The molecule has 5 nitrogen and oxygen atoms in total. The molecule has 4 rings (SSSR count). The molecule has 4 aromatic rings. The maximum atomic E-state index is 13.2. The summed E-state index contributed by atoms with van der Waals surface area (Å²) in [5, 5.41) is 15.3. The van der Waals surface area contributed by atoms with Crippen LogP contribution in [0.25, 0.3) is 17.1 Å². The van der Waals surface area contributed by atoms with Gasteiger partial charge in [0.25, 0.3) is 6.33 Å². The number of aliphatic hydroxyl groups excluding tert-OH is 1. The Bertz CT molecular complexity index is 1120. The van der Waals surface area contributed by atoms with Crippen LogP contribution in [0.4, 0.5) is 0 Å². The fourth-order valence-electron chi connectivity index (χ4n) is 2.92. The van der Waals surface area contributed by atoms with E-state index in [1.807, 2.05) is 54.6 Å². The fourth-order valence-corrected chi connectivity index (χ4v) is 2.92. The van der Waals surface area contributed by atoms with E-state index in [2.05, 4.69) is 5.10 Å². The maximum absolute atomic E-state index is 13.2. The van der Waals surface area contributed by atoms with Crippen LogP contribution in [0.15, 0.2) is 104 Å². The second kappa shape index (κ2) is 7.72. The summed E-state index contributed by atoms with van der Waals surface area (Å²) >= 11 is 0. The summed E-state index contributed by atoms with van der Waals surface area (Å²) in [6.45, 7) is 0. The zero-order valence-corrected chi connectivity index (χ0v) is 15.0. The molecule has 0 aliphatic carbocycles. The number of ketones is 1. The Morgan fingerprint density at radius 2 is 1.32 bits per heavy atom. The third kappa shape index (κ3) is 3.46. The van der Waals surface area contributed by atoms with Crippen molar-refractivity contribution in [2.24, 2.45) is 0 Å². The predicted molar refractivity (Wildman–Crippen MR) is 107 cm³/mol. The van der Waals surface area contributed by atoms with E-state index in [4.69, 9.17) is 0 Å². The predicted octanol–water partition coefficient (Wildman–Crippen LogP) is 3.93. The minimum absolute atomic E-state index is 0.0899. The van der Waals surface area contributed by atoms with E-state index < -0.39 is 0 Å². The van der Waals surface area contributed by atoms with Crippen LogP contribution in [0.1, 0.15) is 15.9 Å². The van der Waals surface area contributed by atoms with Gasteiger partial charge >= 0.3 is 0 Å². The minimum Gasteiger partial charge on any atom is -0.504 e. The fraction of sp³-hybridized carbons (Fsp3) is 0. The lowest BCUT2D eigenvalue weighted by atomic mass is 10.0. The molecule has 1 aromatic heterocycles. The van der Waals surface area contributed by atoms with E-state index >= 15 is 0 Å². The number of carbonyl (C=O) groups excluding carboxylic acids is 1. The first kappa shape index (κ1) is 17.4. The van der Waals surface area contributed by atoms with E-state index in [1.54, 1.807) is 53.6 Å². The Labute approximate surface area is 162 Å². The molecular weight excluding hydrogens is 350 g/mol. The first-order valence-electron chi connectivity index (χ1n) is 8.84. The van der Waals surface area contributed by atoms with Crippen LogP contribution in [0, 0.1) is 0 Å². The molecule has 0 saturated heterocycles. The molecule has 5 heteroatoms. The molecule has 0 bridgehead atoms. The molecule has 0 aliphatic rings. The topological polar surface area (TPSA) is 59.0 Å². The molecular formula is C23H18N3O2+. The van der Waals surface area contributed by atoms with Crippen LogP contribution >= 0.6 is 0 Å². The van der Waals surface area contributed by atoms with Gasteiger partial charge in [-0.05, 0) is 12.1 Å². The van der Waals surface area contributed by atoms with Gasteiger partial charge in [-0.3, -0.25) is 4.79 Å². The van der Waals surface area contributed by atoms with Gasteiger partial charge in [0.2, 0.25) is 17.8 Å². The molecule has 1 N–H and O–H groups in total. The van der Waals surface area contributed by atoms with E-state index in [9.17, 15) is 9.90 Å². The SMILES string of the molecule is O=C(/C(=C(/O)c1ccccc1)n1c[n+](-c2ccccc2)cn1)c1ccccc1. The molecule has 1 heterocycles. The highest BCUT2D eigenvalue weighted by molar-refractivity contribution is 6.28. The molecule has 0 spiro atoms. The number of hydrogen-bond donors (Lipinski definition) is 1. The molecule has 0 atom stereocenters. The third-order valence-electron chi connectivity index (χ3n) is 4.34.